The Bertz CT molecular complexity index is 910. The Kier molecular flexibility index (Phi) is 5.97. The Balaban J connectivity index is 1.73. The maximum atomic E-state index is 13.0. The molecule has 1 amide bonds. The highest BCUT2D eigenvalue weighted by Gasteiger charge is 2.34. The van der Waals surface area contributed by atoms with Gasteiger partial charge in [0.05, 0.1) is 4.90 Å². The lowest BCUT2D eigenvalue weighted by molar-refractivity contribution is -0.117. The molecule has 27 heavy (non-hydrogen) atoms. The van der Waals surface area contributed by atoms with E-state index in [9.17, 15) is 13.2 Å². The van der Waals surface area contributed by atoms with Crippen molar-refractivity contribution in [3.05, 3.63) is 59.7 Å². The van der Waals surface area contributed by atoms with E-state index in [-0.39, 0.29) is 23.3 Å². The average Bonchev–Trinajstić information content (AvgIpc) is 2.66. The molecule has 0 aliphatic carbocycles. The minimum Gasteiger partial charge on any atom is -0.326 e. The molecule has 1 aliphatic heterocycles. The zero-order valence-electron chi connectivity index (χ0n) is 15.8. The van der Waals surface area contributed by atoms with Crippen LogP contribution >= 0.6 is 0 Å². The summed E-state index contributed by atoms with van der Waals surface area (Å²) in [6.07, 6.45) is 2.62. The number of piperidine rings is 1. The fraction of sp³-hybridized carbons (Fsp3) is 0.381. The number of hydrogen-bond donors (Lipinski definition) is 1. The number of nitrogens with zero attached hydrogens (tertiary/aromatic N) is 1. The quantitative estimate of drug-likeness (QED) is 0.848. The van der Waals surface area contributed by atoms with Crippen LogP contribution in [-0.4, -0.2) is 31.2 Å². The van der Waals surface area contributed by atoms with E-state index >= 15 is 0 Å². The number of benzene rings is 2. The fourth-order valence-corrected chi connectivity index (χ4v) is 5.18. The van der Waals surface area contributed by atoms with Gasteiger partial charge < -0.3 is 5.32 Å². The van der Waals surface area contributed by atoms with E-state index in [1.54, 1.807) is 30.3 Å². The maximum Gasteiger partial charge on any atom is 0.243 e. The third kappa shape index (κ3) is 4.57. The van der Waals surface area contributed by atoms with Crippen LogP contribution in [0.25, 0.3) is 0 Å². The van der Waals surface area contributed by atoms with Gasteiger partial charge in [0.2, 0.25) is 15.9 Å². The summed E-state index contributed by atoms with van der Waals surface area (Å²) in [4.78, 5) is 12.8. The van der Waals surface area contributed by atoms with Gasteiger partial charge in [-0.2, -0.15) is 4.31 Å². The van der Waals surface area contributed by atoms with Crippen LogP contribution in [0.5, 0.6) is 0 Å². The molecule has 1 atom stereocenters. The molecule has 0 saturated carbocycles. The molecule has 0 radical (unpaired) electrons. The molecule has 3 rings (SSSR count). The van der Waals surface area contributed by atoms with Gasteiger partial charge in [0.15, 0.2) is 0 Å². The summed E-state index contributed by atoms with van der Waals surface area (Å²) in [7, 11) is -3.59. The molecule has 0 unspecified atom stereocenters. The third-order valence-electron chi connectivity index (χ3n) is 5.13. The van der Waals surface area contributed by atoms with Gasteiger partial charge in [0.25, 0.3) is 0 Å². The molecule has 1 fully saturated rings. The number of rotatable bonds is 5. The number of anilines is 1. The van der Waals surface area contributed by atoms with Gasteiger partial charge in [-0.25, -0.2) is 8.42 Å². The smallest absolute Gasteiger partial charge is 0.243 e. The van der Waals surface area contributed by atoms with Crippen molar-refractivity contribution in [3.63, 3.8) is 0 Å². The monoisotopic (exact) mass is 386 g/mol. The van der Waals surface area contributed by atoms with E-state index in [0.717, 1.165) is 24.1 Å². The molecular weight excluding hydrogens is 360 g/mol. The lowest BCUT2D eigenvalue weighted by Gasteiger charge is -2.34. The van der Waals surface area contributed by atoms with Gasteiger partial charge >= 0.3 is 0 Å². The van der Waals surface area contributed by atoms with Gasteiger partial charge in [-0.3, -0.25) is 4.79 Å². The minimum atomic E-state index is -3.59. The van der Waals surface area contributed by atoms with Gasteiger partial charge in [-0.15, -0.1) is 0 Å². The Labute approximate surface area is 161 Å². The first kappa shape index (κ1) is 19.6. The van der Waals surface area contributed by atoms with Crippen LogP contribution in [0.2, 0.25) is 0 Å². The molecule has 6 heteroatoms. The Morgan fingerprint density at radius 1 is 1.07 bits per heavy atom. The molecule has 2 aromatic rings. The lowest BCUT2D eigenvalue weighted by atomic mass is 10.0. The number of hydrogen-bond acceptors (Lipinski definition) is 3. The van der Waals surface area contributed by atoms with Crippen molar-refractivity contribution in [1.29, 1.82) is 0 Å². The second-order valence-corrected chi connectivity index (χ2v) is 9.02. The highest BCUT2D eigenvalue weighted by molar-refractivity contribution is 7.89. The molecular formula is C21H26N2O3S. The van der Waals surface area contributed by atoms with Gasteiger partial charge in [-0.1, -0.05) is 30.7 Å². The van der Waals surface area contributed by atoms with Crippen LogP contribution in [0.4, 0.5) is 5.69 Å². The molecule has 2 aromatic carbocycles. The van der Waals surface area contributed by atoms with Crippen molar-refractivity contribution in [1.82, 2.24) is 4.31 Å². The maximum absolute atomic E-state index is 13.0. The van der Waals surface area contributed by atoms with Gasteiger partial charge in [0, 0.05) is 24.7 Å². The molecule has 5 nitrogen and oxygen atoms in total. The summed E-state index contributed by atoms with van der Waals surface area (Å²) < 4.78 is 27.5. The predicted octanol–water partition coefficient (Wildman–Crippen LogP) is 3.88. The number of amides is 1. The number of carbonyl (C=O) groups is 1. The molecule has 1 aliphatic rings. The summed E-state index contributed by atoms with van der Waals surface area (Å²) in [5.74, 6) is -0.154. The molecule has 1 heterocycles. The number of carbonyl (C=O) groups excluding carboxylic acids is 1. The Morgan fingerprint density at radius 2 is 1.81 bits per heavy atom. The lowest BCUT2D eigenvalue weighted by Crippen LogP contribution is -2.45. The zero-order valence-corrected chi connectivity index (χ0v) is 16.6. The van der Waals surface area contributed by atoms with Crippen LogP contribution in [0.15, 0.2) is 53.4 Å². The predicted molar refractivity (Wildman–Crippen MR) is 107 cm³/mol. The van der Waals surface area contributed by atoms with Crippen LogP contribution in [0, 0.1) is 13.8 Å². The summed E-state index contributed by atoms with van der Waals surface area (Å²) in [5, 5.41) is 2.91. The average molecular weight is 387 g/mol. The van der Waals surface area contributed by atoms with E-state index in [1.807, 2.05) is 32.0 Å². The molecule has 0 aromatic heterocycles. The largest absolute Gasteiger partial charge is 0.326 e. The highest BCUT2D eigenvalue weighted by atomic mass is 32.2. The van der Waals surface area contributed by atoms with Crippen molar-refractivity contribution in [2.24, 2.45) is 0 Å². The first-order valence-electron chi connectivity index (χ1n) is 9.32. The molecule has 0 spiro atoms. The number of sulfonamides is 1. The second-order valence-electron chi connectivity index (χ2n) is 7.13. The van der Waals surface area contributed by atoms with E-state index in [1.165, 1.54) is 9.87 Å². The first-order valence-corrected chi connectivity index (χ1v) is 10.8. The van der Waals surface area contributed by atoms with Gasteiger partial charge in [0.1, 0.15) is 0 Å². The summed E-state index contributed by atoms with van der Waals surface area (Å²) >= 11 is 0. The zero-order chi connectivity index (χ0) is 19.4. The minimum absolute atomic E-state index is 0.154. The normalized spacial score (nSPS) is 18.2. The SMILES string of the molecule is Cc1ccc(NC(=O)C[C@@H]2CCCCN2S(=O)(=O)c2ccccc2)cc1C. The van der Waals surface area contributed by atoms with Crippen LogP contribution < -0.4 is 5.32 Å². The highest BCUT2D eigenvalue weighted by Crippen LogP contribution is 2.27. The van der Waals surface area contributed by atoms with Crippen LogP contribution in [-0.2, 0) is 14.8 Å². The Hall–Kier alpha value is -2.18. The standard InChI is InChI=1S/C21H26N2O3S/c1-16-11-12-18(14-17(16)2)22-21(24)15-19-8-6-7-13-23(19)27(25,26)20-9-4-3-5-10-20/h3-5,9-12,14,19H,6-8,13,15H2,1-2H3,(H,22,24)/t19-/m0/s1. The van der Waals surface area contributed by atoms with Crippen LogP contribution in [0.1, 0.15) is 36.8 Å². The van der Waals surface area contributed by atoms with Crippen molar-refractivity contribution >= 4 is 21.6 Å². The molecule has 144 valence electrons. The van der Waals surface area contributed by atoms with Crippen molar-refractivity contribution in [3.8, 4) is 0 Å². The van der Waals surface area contributed by atoms with E-state index < -0.39 is 10.0 Å². The summed E-state index contributed by atoms with van der Waals surface area (Å²) in [5.41, 5.74) is 3.02. The van der Waals surface area contributed by atoms with Crippen molar-refractivity contribution in [2.45, 2.75) is 50.5 Å². The summed E-state index contributed by atoms with van der Waals surface area (Å²) in [6.45, 7) is 4.48. The van der Waals surface area contributed by atoms with E-state index in [4.69, 9.17) is 0 Å². The molecule has 1 N–H and O–H groups in total. The Morgan fingerprint density at radius 3 is 2.52 bits per heavy atom. The fourth-order valence-electron chi connectivity index (χ4n) is 3.47. The van der Waals surface area contributed by atoms with Crippen molar-refractivity contribution < 1.29 is 13.2 Å². The molecule has 1 saturated heterocycles. The number of nitrogens with one attached hydrogen (secondary N) is 1. The van der Waals surface area contributed by atoms with Gasteiger partial charge in [-0.05, 0) is 62.1 Å². The third-order valence-corrected chi connectivity index (χ3v) is 7.10. The van der Waals surface area contributed by atoms with E-state index in [2.05, 4.69) is 5.32 Å². The van der Waals surface area contributed by atoms with Crippen molar-refractivity contribution in [2.75, 3.05) is 11.9 Å². The summed E-state index contributed by atoms with van der Waals surface area (Å²) in [6, 6.07) is 13.9. The first-order chi connectivity index (χ1) is 12.9. The van der Waals surface area contributed by atoms with Crippen LogP contribution in [0.3, 0.4) is 0 Å². The number of aryl methyl sites for hydroxylation is 2. The second kappa shape index (κ2) is 8.23. The molecule has 0 bridgehead atoms. The van der Waals surface area contributed by atoms with E-state index in [0.29, 0.717) is 13.0 Å². The topological polar surface area (TPSA) is 66.5 Å².